The van der Waals surface area contributed by atoms with Crippen LogP contribution in [-0.4, -0.2) is 24.0 Å². The first-order valence-electron chi connectivity index (χ1n) is 8.18. The number of benzene rings is 1. The Morgan fingerprint density at radius 1 is 1.17 bits per heavy atom. The predicted octanol–water partition coefficient (Wildman–Crippen LogP) is 3.45. The molecule has 0 saturated carbocycles. The highest BCUT2D eigenvalue weighted by Crippen LogP contribution is 2.17. The normalized spacial score (nSPS) is 11.5. The zero-order valence-electron chi connectivity index (χ0n) is 14.2. The van der Waals surface area contributed by atoms with Crippen molar-refractivity contribution in [2.75, 3.05) is 13.1 Å². The van der Waals surface area contributed by atoms with Crippen LogP contribution in [0.25, 0.3) is 0 Å². The summed E-state index contributed by atoms with van der Waals surface area (Å²) in [5, 5.41) is 7.82. The molecular formula is C18H26N4S. The van der Waals surface area contributed by atoms with Crippen LogP contribution in [0.1, 0.15) is 34.5 Å². The minimum Gasteiger partial charge on any atom is -0.357 e. The van der Waals surface area contributed by atoms with Crippen molar-refractivity contribution >= 4 is 17.3 Å². The van der Waals surface area contributed by atoms with Gasteiger partial charge in [0.15, 0.2) is 5.96 Å². The number of thiazole rings is 1. The summed E-state index contributed by atoms with van der Waals surface area (Å²) in [6.45, 7) is 8.65. The van der Waals surface area contributed by atoms with Gasteiger partial charge in [-0.25, -0.2) is 9.98 Å². The van der Waals surface area contributed by atoms with Crippen molar-refractivity contribution < 1.29 is 0 Å². The fourth-order valence-electron chi connectivity index (χ4n) is 2.36. The van der Waals surface area contributed by atoms with E-state index < -0.39 is 0 Å². The monoisotopic (exact) mass is 330 g/mol. The van der Waals surface area contributed by atoms with Gasteiger partial charge in [-0.2, -0.15) is 0 Å². The highest BCUT2D eigenvalue weighted by Gasteiger charge is 2.04. The van der Waals surface area contributed by atoms with E-state index in [4.69, 9.17) is 0 Å². The lowest BCUT2D eigenvalue weighted by atomic mass is 10.1. The minimum absolute atomic E-state index is 0.686. The summed E-state index contributed by atoms with van der Waals surface area (Å²) in [6.07, 6.45) is 2.17. The average molecular weight is 331 g/mol. The number of aliphatic imine (C=N–C) groups is 1. The second-order valence-electron chi connectivity index (χ2n) is 5.45. The summed E-state index contributed by atoms with van der Waals surface area (Å²) in [5.41, 5.74) is 2.48. The average Bonchev–Trinajstić information content (AvgIpc) is 2.87. The lowest BCUT2D eigenvalue weighted by molar-refractivity contribution is 0.744. The molecule has 0 atom stereocenters. The molecule has 1 heterocycles. The molecular weight excluding hydrogens is 304 g/mol. The molecule has 0 aliphatic carbocycles. The van der Waals surface area contributed by atoms with Crippen molar-refractivity contribution in [3.63, 3.8) is 0 Å². The van der Waals surface area contributed by atoms with Gasteiger partial charge in [-0.3, -0.25) is 0 Å². The van der Waals surface area contributed by atoms with Crippen LogP contribution < -0.4 is 10.6 Å². The first-order valence-corrected chi connectivity index (χ1v) is 8.99. The number of nitrogens with zero attached hydrogens (tertiary/aromatic N) is 2. The summed E-state index contributed by atoms with van der Waals surface area (Å²) in [6, 6.07) is 10.6. The van der Waals surface area contributed by atoms with Gasteiger partial charge in [0, 0.05) is 18.0 Å². The molecule has 4 nitrogen and oxygen atoms in total. The molecule has 0 amide bonds. The van der Waals surface area contributed by atoms with Crippen LogP contribution >= 0.6 is 11.3 Å². The van der Waals surface area contributed by atoms with Crippen LogP contribution in [0.5, 0.6) is 0 Å². The van der Waals surface area contributed by atoms with Crippen molar-refractivity contribution in [2.24, 2.45) is 4.99 Å². The molecule has 2 aromatic rings. The Kier molecular flexibility index (Phi) is 7.07. The molecule has 0 fully saturated rings. The van der Waals surface area contributed by atoms with Crippen LogP contribution in [0.2, 0.25) is 0 Å². The first-order chi connectivity index (χ1) is 11.2. The molecule has 0 aliphatic heterocycles. The summed E-state index contributed by atoms with van der Waals surface area (Å²) < 4.78 is 0. The van der Waals surface area contributed by atoms with Gasteiger partial charge in [0.1, 0.15) is 0 Å². The maximum absolute atomic E-state index is 4.67. The molecule has 124 valence electrons. The highest BCUT2D eigenvalue weighted by atomic mass is 32.1. The summed E-state index contributed by atoms with van der Waals surface area (Å²) in [7, 11) is 0. The molecule has 0 unspecified atom stereocenters. The van der Waals surface area contributed by atoms with Crippen LogP contribution in [0, 0.1) is 13.8 Å². The molecule has 1 aromatic heterocycles. The number of nitrogens with one attached hydrogen (secondary N) is 2. The van der Waals surface area contributed by atoms with Crippen LogP contribution in [-0.2, 0) is 13.0 Å². The summed E-state index contributed by atoms with van der Waals surface area (Å²) in [5.74, 6) is 0.881. The number of hydrogen-bond donors (Lipinski definition) is 2. The highest BCUT2D eigenvalue weighted by molar-refractivity contribution is 7.11. The zero-order chi connectivity index (χ0) is 16.5. The molecule has 1 aromatic carbocycles. The third-order valence-corrected chi connectivity index (χ3v) is 4.56. The van der Waals surface area contributed by atoms with E-state index in [9.17, 15) is 0 Å². The van der Waals surface area contributed by atoms with Crippen molar-refractivity contribution in [1.29, 1.82) is 0 Å². The number of aryl methyl sites for hydroxylation is 3. The molecule has 0 saturated heterocycles. The topological polar surface area (TPSA) is 49.3 Å². The lowest BCUT2D eigenvalue weighted by Gasteiger charge is -2.11. The van der Waals surface area contributed by atoms with Gasteiger partial charge in [0.05, 0.1) is 17.2 Å². The Balaban J connectivity index is 1.81. The van der Waals surface area contributed by atoms with E-state index >= 15 is 0 Å². The van der Waals surface area contributed by atoms with Crippen molar-refractivity contribution in [3.05, 3.63) is 51.5 Å². The van der Waals surface area contributed by atoms with Gasteiger partial charge in [-0.05, 0) is 39.2 Å². The fourth-order valence-corrected chi connectivity index (χ4v) is 3.22. The smallest absolute Gasteiger partial charge is 0.191 e. The largest absolute Gasteiger partial charge is 0.357 e. The second kappa shape index (κ2) is 9.30. The van der Waals surface area contributed by atoms with Crippen LogP contribution in [0.3, 0.4) is 0 Å². The zero-order valence-corrected chi connectivity index (χ0v) is 15.0. The van der Waals surface area contributed by atoms with Gasteiger partial charge < -0.3 is 10.6 Å². The maximum atomic E-state index is 4.67. The van der Waals surface area contributed by atoms with E-state index in [1.54, 1.807) is 11.3 Å². The Hall–Kier alpha value is -1.88. The van der Waals surface area contributed by atoms with Gasteiger partial charge in [0.2, 0.25) is 0 Å². The molecule has 0 aliphatic rings. The minimum atomic E-state index is 0.686. The quantitative estimate of drug-likeness (QED) is 0.464. The van der Waals surface area contributed by atoms with Gasteiger partial charge in [0.25, 0.3) is 0 Å². The molecule has 0 bridgehead atoms. The second-order valence-corrected chi connectivity index (χ2v) is 6.74. The van der Waals surface area contributed by atoms with E-state index in [-0.39, 0.29) is 0 Å². The third kappa shape index (κ3) is 6.02. The van der Waals surface area contributed by atoms with Gasteiger partial charge in [-0.15, -0.1) is 11.3 Å². The van der Waals surface area contributed by atoms with E-state index in [0.29, 0.717) is 6.54 Å². The Bertz CT molecular complexity index is 619. The van der Waals surface area contributed by atoms with Crippen molar-refractivity contribution in [1.82, 2.24) is 15.6 Å². The predicted molar refractivity (Wildman–Crippen MR) is 99.2 cm³/mol. The van der Waals surface area contributed by atoms with Gasteiger partial charge >= 0.3 is 0 Å². The van der Waals surface area contributed by atoms with Crippen molar-refractivity contribution in [2.45, 2.75) is 40.2 Å². The standard InChI is InChI=1S/C18H26N4S/c1-4-19-18(21-13-17-14(2)22-15(3)23-17)20-12-8-11-16-9-6-5-7-10-16/h5-7,9-10H,4,8,11-13H2,1-3H3,(H2,19,20,21). The summed E-state index contributed by atoms with van der Waals surface area (Å²) in [4.78, 5) is 10.4. The van der Waals surface area contributed by atoms with E-state index in [2.05, 4.69) is 64.8 Å². The molecule has 23 heavy (non-hydrogen) atoms. The number of guanidine groups is 1. The number of hydrogen-bond acceptors (Lipinski definition) is 3. The van der Waals surface area contributed by atoms with E-state index in [1.165, 1.54) is 10.4 Å². The van der Waals surface area contributed by atoms with E-state index in [0.717, 1.165) is 42.6 Å². The molecule has 0 radical (unpaired) electrons. The molecule has 2 rings (SSSR count). The number of aromatic nitrogens is 1. The van der Waals surface area contributed by atoms with Crippen LogP contribution in [0.15, 0.2) is 35.3 Å². The lowest BCUT2D eigenvalue weighted by Crippen LogP contribution is -2.37. The first kappa shape index (κ1) is 17.5. The third-order valence-electron chi connectivity index (χ3n) is 3.50. The van der Waals surface area contributed by atoms with E-state index in [1.807, 2.05) is 6.92 Å². The molecule has 5 heteroatoms. The van der Waals surface area contributed by atoms with Gasteiger partial charge in [-0.1, -0.05) is 30.3 Å². The Morgan fingerprint density at radius 3 is 2.61 bits per heavy atom. The summed E-state index contributed by atoms with van der Waals surface area (Å²) >= 11 is 1.73. The molecule has 0 spiro atoms. The Labute approximate surface area is 143 Å². The van der Waals surface area contributed by atoms with Crippen LogP contribution in [0.4, 0.5) is 0 Å². The van der Waals surface area contributed by atoms with Crippen molar-refractivity contribution in [3.8, 4) is 0 Å². The Morgan fingerprint density at radius 2 is 1.96 bits per heavy atom. The SMILES string of the molecule is CCNC(=NCc1sc(C)nc1C)NCCCc1ccccc1. The molecule has 2 N–H and O–H groups in total. The fraction of sp³-hybridized carbons (Fsp3) is 0.444. The number of rotatable bonds is 7. The maximum Gasteiger partial charge on any atom is 0.191 e.